The first kappa shape index (κ1) is 17.3. The molecule has 0 bridgehead atoms. The molecule has 0 saturated heterocycles. The average molecular weight is 345 g/mol. The summed E-state index contributed by atoms with van der Waals surface area (Å²) in [6.45, 7) is 2.75. The second-order valence-electron chi connectivity index (χ2n) is 6.91. The molecule has 134 valence electrons. The van der Waals surface area contributed by atoms with Gasteiger partial charge in [-0.2, -0.15) is 0 Å². The van der Waals surface area contributed by atoms with Crippen LogP contribution in [0.5, 0.6) is 0 Å². The van der Waals surface area contributed by atoms with E-state index >= 15 is 0 Å². The molecule has 2 atom stereocenters. The highest BCUT2D eigenvalue weighted by atomic mass is 16.4. The van der Waals surface area contributed by atoms with Crippen LogP contribution in [0.4, 0.5) is 5.69 Å². The molecule has 1 aromatic carbocycles. The van der Waals surface area contributed by atoms with Gasteiger partial charge in [-0.1, -0.05) is 19.8 Å². The molecule has 25 heavy (non-hydrogen) atoms. The molecule has 2 amide bonds. The summed E-state index contributed by atoms with van der Waals surface area (Å²) in [7, 11) is 1.60. The fourth-order valence-electron chi connectivity index (χ4n) is 3.46. The number of aryl methyl sites for hydroxylation is 1. The molecule has 1 heterocycles. The highest BCUT2D eigenvalue weighted by molar-refractivity contribution is 6.39. The van der Waals surface area contributed by atoms with Crippen molar-refractivity contribution in [2.45, 2.75) is 32.6 Å². The highest BCUT2D eigenvalue weighted by Gasteiger charge is 2.21. The van der Waals surface area contributed by atoms with Gasteiger partial charge in [0.15, 0.2) is 5.58 Å². The molecule has 1 aromatic heterocycles. The van der Waals surface area contributed by atoms with Crippen LogP contribution in [-0.2, 0) is 16.6 Å². The van der Waals surface area contributed by atoms with Crippen LogP contribution >= 0.6 is 0 Å². The van der Waals surface area contributed by atoms with Crippen molar-refractivity contribution in [3.63, 3.8) is 0 Å². The summed E-state index contributed by atoms with van der Waals surface area (Å²) in [5, 5.41) is 5.25. The second-order valence-corrected chi connectivity index (χ2v) is 6.91. The third-order valence-electron chi connectivity index (χ3n) is 4.85. The SMILES string of the molecule is C[C@H]1CCC[C@@H](CNC(=O)C(=O)Nc2ccc3c(c2)oc(=O)n3C)C1. The fraction of sp³-hybridized carbons (Fsp3) is 0.500. The van der Waals surface area contributed by atoms with Crippen LogP contribution in [0.25, 0.3) is 11.1 Å². The lowest BCUT2D eigenvalue weighted by molar-refractivity contribution is -0.136. The predicted octanol–water partition coefficient (Wildman–Crippen LogP) is 2.01. The first-order valence-electron chi connectivity index (χ1n) is 8.63. The molecule has 0 aliphatic heterocycles. The molecule has 0 spiro atoms. The Bertz CT molecular complexity index is 852. The number of hydrogen-bond donors (Lipinski definition) is 2. The van der Waals surface area contributed by atoms with E-state index in [4.69, 9.17) is 4.42 Å². The number of oxazole rings is 1. The predicted molar refractivity (Wildman–Crippen MR) is 94.2 cm³/mol. The van der Waals surface area contributed by atoms with E-state index < -0.39 is 17.6 Å². The van der Waals surface area contributed by atoms with Crippen LogP contribution in [0.15, 0.2) is 27.4 Å². The molecule has 2 N–H and O–H groups in total. The molecule has 7 heteroatoms. The Morgan fingerprint density at radius 2 is 2.08 bits per heavy atom. The molecule has 3 rings (SSSR count). The van der Waals surface area contributed by atoms with E-state index in [0.29, 0.717) is 35.2 Å². The van der Waals surface area contributed by atoms with Crippen molar-refractivity contribution in [2.75, 3.05) is 11.9 Å². The van der Waals surface area contributed by atoms with Gasteiger partial charge in [-0.25, -0.2) is 4.79 Å². The van der Waals surface area contributed by atoms with E-state index in [1.807, 2.05) is 0 Å². The summed E-state index contributed by atoms with van der Waals surface area (Å²) < 4.78 is 6.45. The largest absolute Gasteiger partial charge is 0.419 e. The van der Waals surface area contributed by atoms with Gasteiger partial charge in [0.05, 0.1) is 5.52 Å². The zero-order valence-corrected chi connectivity index (χ0v) is 14.5. The number of aromatic nitrogens is 1. The monoisotopic (exact) mass is 345 g/mol. The Kier molecular flexibility index (Phi) is 4.92. The number of nitrogens with one attached hydrogen (secondary N) is 2. The van der Waals surface area contributed by atoms with Crippen molar-refractivity contribution >= 4 is 28.6 Å². The number of nitrogens with zero attached hydrogens (tertiary/aromatic N) is 1. The first-order valence-corrected chi connectivity index (χ1v) is 8.63. The van der Waals surface area contributed by atoms with Gasteiger partial charge in [-0.3, -0.25) is 14.2 Å². The van der Waals surface area contributed by atoms with E-state index in [1.54, 1.807) is 19.2 Å². The van der Waals surface area contributed by atoms with Gasteiger partial charge in [0, 0.05) is 25.3 Å². The molecule has 1 saturated carbocycles. The minimum absolute atomic E-state index is 0.363. The maximum atomic E-state index is 12.0. The molecule has 0 unspecified atom stereocenters. The molecule has 2 aromatic rings. The van der Waals surface area contributed by atoms with Crippen LogP contribution in [-0.4, -0.2) is 22.9 Å². The Morgan fingerprint density at radius 3 is 2.84 bits per heavy atom. The van der Waals surface area contributed by atoms with E-state index in [-0.39, 0.29) is 0 Å². The van der Waals surface area contributed by atoms with E-state index in [2.05, 4.69) is 17.6 Å². The lowest BCUT2D eigenvalue weighted by Gasteiger charge is -2.26. The number of fused-ring (bicyclic) bond motifs is 1. The van der Waals surface area contributed by atoms with Crippen LogP contribution in [0.1, 0.15) is 32.6 Å². The summed E-state index contributed by atoms with van der Waals surface area (Å²) in [6, 6.07) is 4.83. The van der Waals surface area contributed by atoms with Crippen LogP contribution in [0, 0.1) is 11.8 Å². The molecular formula is C18H23N3O4. The number of amides is 2. The molecule has 7 nitrogen and oxygen atoms in total. The zero-order valence-electron chi connectivity index (χ0n) is 14.5. The topological polar surface area (TPSA) is 93.3 Å². The first-order chi connectivity index (χ1) is 11.9. The normalized spacial score (nSPS) is 20.4. The van der Waals surface area contributed by atoms with Gasteiger partial charge in [0.25, 0.3) is 0 Å². The van der Waals surface area contributed by atoms with Crippen molar-refractivity contribution < 1.29 is 14.0 Å². The fourth-order valence-corrected chi connectivity index (χ4v) is 3.46. The average Bonchev–Trinajstić information content (AvgIpc) is 2.86. The van der Waals surface area contributed by atoms with Crippen molar-refractivity contribution in [3.8, 4) is 0 Å². The number of carbonyl (C=O) groups is 2. The van der Waals surface area contributed by atoms with Crippen molar-refractivity contribution in [1.82, 2.24) is 9.88 Å². The summed E-state index contributed by atoms with van der Waals surface area (Å²) in [4.78, 5) is 35.5. The van der Waals surface area contributed by atoms with E-state index in [1.165, 1.54) is 23.5 Å². The quantitative estimate of drug-likeness (QED) is 0.832. The van der Waals surface area contributed by atoms with E-state index in [0.717, 1.165) is 12.8 Å². The second kappa shape index (κ2) is 7.13. The van der Waals surface area contributed by atoms with Gasteiger partial charge in [0.2, 0.25) is 0 Å². The van der Waals surface area contributed by atoms with Crippen LogP contribution in [0.3, 0.4) is 0 Å². The minimum atomic E-state index is -0.721. The maximum Gasteiger partial charge on any atom is 0.419 e. The Hall–Kier alpha value is -2.57. The van der Waals surface area contributed by atoms with E-state index in [9.17, 15) is 14.4 Å². The molecule has 0 radical (unpaired) electrons. The third kappa shape index (κ3) is 3.92. The van der Waals surface area contributed by atoms with Gasteiger partial charge < -0.3 is 15.1 Å². The molecular weight excluding hydrogens is 322 g/mol. The molecule has 1 aliphatic carbocycles. The Balaban J connectivity index is 1.57. The standard InChI is InChI=1S/C18H23N3O4/c1-11-4-3-5-12(8-11)10-19-16(22)17(23)20-13-6-7-14-15(9-13)25-18(24)21(14)2/h6-7,9,11-12H,3-5,8,10H2,1-2H3,(H,19,22)(H,20,23)/t11-,12+/m0/s1. The Morgan fingerprint density at radius 1 is 1.28 bits per heavy atom. The van der Waals surface area contributed by atoms with Gasteiger partial charge in [-0.05, 0) is 36.8 Å². The van der Waals surface area contributed by atoms with Gasteiger partial charge >= 0.3 is 17.6 Å². The third-order valence-corrected chi connectivity index (χ3v) is 4.85. The summed E-state index contributed by atoms with van der Waals surface area (Å²) >= 11 is 0. The number of rotatable bonds is 3. The smallest absolute Gasteiger partial charge is 0.408 e. The number of benzene rings is 1. The summed E-state index contributed by atoms with van der Waals surface area (Å²) in [5.74, 6) is -0.723. The summed E-state index contributed by atoms with van der Waals surface area (Å²) in [6.07, 6.45) is 4.60. The summed E-state index contributed by atoms with van der Waals surface area (Å²) in [5.41, 5.74) is 1.40. The van der Waals surface area contributed by atoms with Crippen molar-refractivity contribution in [3.05, 3.63) is 28.7 Å². The molecule has 1 aliphatic rings. The lowest BCUT2D eigenvalue weighted by atomic mass is 9.82. The maximum absolute atomic E-state index is 12.0. The minimum Gasteiger partial charge on any atom is -0.408 e. The molecule has 1 fully saturated rings. The van der Waals surface area contributed by atoms with Gasteiger partial charge in [0.1, 0.15) is 0 Å². The zero-order chi connectivity index (χ0) is 18.0. The Labute approximate surface area is 145 Å². The van der Waals surface area contributed by atoms with Gasteiger partial charge in [-0.15, -0.1) is 0 Å². The number of carbonyl (C=O) groups excluding carboxylic acids is 2. The lowest BCUT2D eigenvalue weighted by Crippen LogP contribution is -2.38. The number of hydrogen-bond acceptors (Lipinski definition) is 4. The van der Waals surface area contributed by atoms with Crippen molar-refractivity contribution in [1.29, 1.82) is 0 Å². The highest BCUT2D eigenvalue weighted by Crippen LogP contribution is 2.27. The van der Waals surface area contributed by atoms with Crippen LogP contribution < -0.4 is 16.4 Å². The number of anilines is 1. The van der Waals surface area contributed by atoms with Crippen molar-refractivity contribution in [2.24, 2.45) is 18.9 Å². The van der Waals surface area contributed by atoms with Crippen LogP contribution in [0.2, 0.25) is 0 Å².